The molecule has 1 amide bonds. The number of rotatable bonds is 10. The highest BCUT2D eigenvalue weighted by atomic mass is 35.5. The van der Waals surface area contributed by atoms with E-state index in [0.29, 0.717) is 36.5 Å². The second kappa shape index (κ2) is 13.3. The number of esters is 1. The van der Waals surface area contributed by atoms with Crippen LogP contribution in [0.2, 0.25) is 5.02 Å². The SMILES string of the molecule is O=C(Cn1ccc2ccc(Cl)cc2c1=O)NC(CC(=O)OC1CCOCC1)C(=O)CCc1c(F)c(F)cc(F)c1F. The lowest BCUT2D eigenvalue weighted by atomic mass is 10.00. The zero-order valence-corrected chi connectivity index (χ0v) is 22.3. The summed E-state index contributed by atoms with van der Waals surface area (Å²) < 4.78 is 67.1. The van der Waals surface area contributed by atoms with Crippen molar-refractivity contribution in [3.05, 3.63) is 80.7 Å². The lowest BCUT2D eigenvalue weighted by molar-refractivity contribution is -0.154. The number of ether oxygens (including phenoxy) is 2. The summed E-state index contributed by atoms with van der Waals surface area (Å²) in [6, 6.07) is 4.82. The van der Waals surface area contributed by atoms with Crippen LogP contribution in [-0.4, -0.2) is 47.6 Å². The maximum atomic E-state index is 14.1. The Labute approximate surface area is 236 Å². The summed E-state index contributed by atoms with van der Waals surface area (Å²) >= 11 is 5.98. The number of Topliss-reactive ketones (excluding diaryl/α,β-unsaturated/α-hetero) is 1. The van der Waals surface area contributed by atoms with E-state index in [1.807, 2.05) is 0 Å². The number of fused-ring (bicyclic) bond motifs is 1. The van der Waals surface area contributed by atoms with E-state index in [0.717, 1.165) is 4.57 Å². The summed E-state index contributed by atoms with van der Waals surface area (Å²) in [5, 5.41) is 3.54. The number of aromatic nitrogens is 1. The molecular weight excluding hydrogens is 572 g/mol. The summed E-state index contributed by atoms with van der Waals surface area (Å²) in [5.41, 5.74) is -1.51. The number of carbonyl (C=O) groups is 3. The number of nitrogens with zero attached hydrogens (tertiary/aromatic N) is 1. The molecule has 0 radical (unpaired) electrons. The summed E-state index contributed by atoms with van der Waals surface area (Å²) in [6.45, 7) is 0.229. The molecule has 1 atom stereocenters. The molecule has 0 spiro atoms. The largest absolute Gasteiger partial charge is 0.462 e. The van der Waals surface area contributed by atoms with E-state index in [-0.39, 0.29) is 11.5 Å². The smallest absolute Gasteiger partial charge is 0.308 e. The highest BCUT2D eigenvalue weighted by molar-refractivity contribution is 6.31. The number of halogens is 5. The van der Waals surface area contributed by atoms with E-state index in [2.05, 4.69) is 5.32 Å². The first-order chi connectivity index (χ1) is 19.5. The van der Waals surface area contributed by atoms with Crippen molar-refractivity contribution in [2.75, 3.05) is 13.2 Å². The minimum Gasteiger partial charge on any atom is -0.462 e. The number of carbonyl (C=O) groups excluding carboxylic acids is 3. The monoisotopic (exact) mass is 596 g/mol. The number of pyridine rings is 1. The Morgan fingerprint density at radius 3 is 2.41 bits per heavy atom. The van der Waals surface area contributed by atoms with Crippen LogP contribution in [0, 0.1) is 23.3 Å². The molecule has 2 aromatic carbocycles. The van der Waals surface area contributed by atoms with Crippen LogP contribution >= 0.6 is 11.6 Å². The molecule has 1 aliphatic rings. The zero-order chi connectivity index (χ0) is 29.7. The zero-order valence-electron chi connectivity index (χ0n) is 21.6. The van der Waals surface area contributed by atoms with Crippen molar-refractivity contribution in [1.82, 2.24) is 9.88 Å². The Hall–Kier alpha value is -3.77. The van der Waals surface area contributed by atoms with E-state index >= 15 is 0 Å². The Morgan fingerprint density at radius 2 is 1.73 bits per heavy atom. The van der Waals surface area contributed by atoms with Gasteiger partial charge in [-0.05, 0) is 30.0 Å². The molecule has 0 saturated carbocycles. The molecule has 3 aromatic rings. The van der Waals surface area contributed by atoms with Crippen LogP contribution < -0.4 is 10.9 Å². The fraction of sp³-hybridized carbons (Fsp3) is 0.357. The van der Waals surface area contributed by atoms with Crippen LogP contribution in [0.3, 0.4) is 0 Å². The molecule has 13 heteroatoms. The Bertz CT molecular complexity index is 1510. The van der Waals surface area contributed by atoms with Gasteiger partial charge in [0.15, 0.2) is 29.1 Å². The van der Waals surface area contributed by atoms with Gasteiger partial charge in [0.2, 0.25) is 5.91 Å². The molecular formula is C28H25ClF4N2O6. The minimum absolute atomic E-state index is 0.0496. The number of hydrogen-bond acceptors (Lipinski definition) is 6. The van der Waals surface area contributed by atoms with Crippen molar-refractivity contribution in [3.8, 4) is 0 Å². The van der Waals surface area contributed by atoms with Gasteiger partial charge in [-0.1, -0.05) is 17.7 Å². The topological polar surface area (TPSA) is 104 Å². The van der Waals surface area contributed by atoms with Crippen molar-refractivity contribution in [2.45, 2.75) is 50.8 Å². The van der Waals surface area contributed by atoms with Gasteiger partial charge < -0.3 is 19.4 Å². The van der Waals surface area contributed by atoms with Crippen LogP contribution in [0.25, 0.3) is 10.8 Å². The van der Waals surface area contributed by atoms with Crippen LogP contribution in [0.15, 0.2) is 41.3 Å². The van der Waals surface area contributed by atoms with Gasteiger partial charge in [0.05, 0.1) is 25.7 Å². The number of benzene rings is 2. The molecule has 8 nitrogen and oxygen atoms in total. The average Bonchev–Trinajstić information content (AvgIpc) is 2.93. The molecule has 0 aliphatic carbocycles. The number of ketones is 1. The molecule has 1 saturated heterocycles. The second-order valence-corrected chi connectivity index (χ2v) is 9.96. The van der Waals surface area contributed by atoms with E-state index < -0.39 is 90.0 Å². The Balaban J connectivity index is 1.50. The molecule has 1 aliphatic heterocycles. The lowest BCUT2D eigenvalue weighted by Gasteiger charge is -2.24. The number of hydrogen-bond donors (Lipinski definition) is 1. The van der Waals surface area contributed by atoms with Crippen molar-refractivity contribution in [2.24, 2.45) is 0 Å². The predicted octanol–water partition coefficient (Wildman–Crippen LogP) is 4.01. The van der Waals surface area contributed by atoms with E-state index in [1.165, 1.54) is 12.3 Å². The molecule has 1 unspecified atom stereocenters. The van der Waals surface area contributed by atoms with E-state index in [1.54, 1.807) is 18.2 Å². The summed E-state index contributed by atoms with van der Waals surface area (Å²) in [6.07, 6.45) is -0.225. The van der Waals surface area contributed by atoms with Crippen molar-refractivity contribution in [1.29, 1.82) is 0 Å². The Kier molecular flexibility index (Phi) is 9.77. The molecule has 1 N–H and O–H groups in total. The normalized spacial score (nSPS) is 14.6. The average molecular weight is 597 g/mol. The Morgan fingerprint density at radius 1 is 1.05 bits per heavy atom. The van der Waals surface area contributed by atoms with Crippen molar-refractivity contribution >= 4 is 40.0 Å². The molecule has 1 fully saturated rings. The second-order valence-electron chi connectivity index (χ2n) is 9.52. The van der Waals surface area contributed by atoms with Gasteiger partial charge in [-0.2, -0.15) is 0 Å². The van der Waals surface area contributed by atoms with Crippen LogP contribution in [0.1, 0.15) is 31.2 Å². The first kappa shape index (κ1) is 30.2. The molecule has 41 heavy (non-hydrogen) atoms. The van der Waals surface area contributed by atoms with Gasteiger partial charge in [0, 0.05) is 47.5 Å². The van der Waals surface area contributed by atoms with Crippen molar-refractivity contribution in [3.63, 3.8) is 0 Å². The highest BCUT2D eigenvalue weighted by Crippen LogP contribution is 2.21. The third-order valence-corrected chi connectivity index (χ3v) is 6.87. The van der Waals surface area contributed by atoms with E-state index in [4.69, 9.17) is 21.1 Å². The molecule has 2 heterocycles. The van der Waals surface area contributed by atoms with Gasteiger partial charge in [0.1, 0.15) is 12.6 Å². The van der Waals surface area contributed by atoms with E-state index in [9.17, 15) is 36.7 Å². The maximum absolute atomic E-state index is 14.1. The highest BCUT2D eigenvalue weighted by Gasteiger charge is 2.28. The van der Waals surface area contributed by atoms with Crippen molar-refractivity contribution < 1.29 is 41.4 Å². The number of amides is 1. The minimum atomic E-state index is -1.65. The molecule has 218 valence electrons. The van der Waals surface area contributed by atoms with Gasteiger partial charge in [-0.3, -0.25) is 19.2 Å². The summed E-state index contributed by atoms with van der Waals surface area (Å²) in [7, 11) is 0. The molecule has 1 aromatic heterocycles. The first-order valence-corrected chi connectivity index (χ1v) is 13.1. The van der Waals surface area contributed by atoms with Crippen LogP contribution in [0.4, 0.5) is 17.6 Å². The van der Waals surface area contributed by atoms with Crippen LogP contribution in [0.5, 0.6) is 0 Å². The standard InChI is InChI=1S/C28H25ClF4N2O6/c29-16-2-1-15-5-8-35(28(39)19(15)11-16)14-24(37)34-22(13-25(38)41-17-6-9-40-10-7-17)23(36)4-3-18-26(32)20(30)12-21(31)27(18)33/h1-2,5,8,11-12,17,22H,3-4,6-7,9-10,13-14H2,(H,34,37). The molecule has 4 rings (SSSR count). The third kappa shape index (κ3) is 7.50. The number of nitrogens with one attached hydrogen (secondary N) is 1. The fourth-order valence-corrected chi connectivity index (χ4v) is 4.65. The van der Waals surface area contributed by atoms with Crippen LogP contribution in [-0.2, 0) is 36.8 Å². The first-order valence-electron chi connectivity index (χ1n) is 12.7. The maximum Gasteiger partial charge on any atom is 0.308 e. The fourth-order valence-electron chi connectivity index (χ4n) is 4.48. The van der Waals surface area contributed by atoms with Gasteiger partial charge in [0.25, 0.3) is 5.56 Å². The quantitative estimate of drug-likeness (QED) is 0.216. The third-order valence-electron chi connectivity index (χ3n) is 6.64. The van der Waals surface area contributed by atoms with Gasteiger partial charge >= 0.3 is 5.97 Å². The molecule has 0 bridgehead atoms. The lowest BCUT2D eigenvalue weighted by Crippen LogP contribution is -2.45. The summed E-state index contributed by atoms with van der Waals surface area (Å²) in [4.78, 5) is 51.4. The van der Waals surface area contributed by atoms with Gasteiger partial charge in [-0.15, -0.1) is 0 Å². The predicted molar refractivity (Wildman–Crippen MR) is 139 cm³/mol. The summed E-state index contributed by atoms with van der Waals surface area (Å²) in [5.74, 6) is -9.03. The van der Waals surface area contributed by atoms with Gasteiger partial charge in [-0.25, -0.2) is 17.6 Å².